The number of carbonyl (C=O) groups excluding carboxylic acids is 1. The Morgan fingerprint density at radius 1 is 1.21 bits per heavy atom. The Hall–Kier alpha value is -2.05. The molecule has 0 aliphatic carbocycles. The van der Waals surface area contributed by atoms with Gasteiger partial charge in [0.2, 0.25) is 10.0 Å². The molecule has 2 aromatic rings. The number of amides is 1. The Morgan fingerprint density at radius 2 is 2.00 bits per heavy atom. The molecule has 1 amide bonds. The summed E-state index contributed by atoms with van der Waals surface area (Å²) >= 11 is 6.23. The van der Waals surface area contributed by atoms with E-state index in [1.165, 1.54) is 4.31 Å². The summed E-state index contributed by atoms with van der Waals surface area (Å²) in [4.78, 5) is 12.3. The van der Waals surface area contributed by atoms with Crippen molar-refractivity contribution in [2.45, 2.75) is 13.3 Å². The topological polar surface area (TPSA) is 66.5 Å². The van der Waals surface area contributed by atoms with Crippen LogP contribution in [-0.2, 0) is 10.0 Å². The summed E-state index contributed by atoms with van der Waals surface area (Å²) in [5, 5.41) is 3.07. The molecule has 1 aliphatic rings. The lowest BCUT2D eigenvalue weighted by Gasteiger charge is -2.19. The monoisotopic (exact) mass is 364 g/mol. The van der Waals surface area contributed by atoms with Crippen molar-refractivity contribution in [2.24, 2.45) is 0 Å². The average Bonchev–Trinajstić information content (AvgIpc) is 2.87. The minimum absolute atomic E-state index is 0.134. The molecule has 0 aromatic heterocycles. The SMILES string of the molecule is Cc1cccc(C(=O)Nc2ccc(N3CCCS3(=O)=O)c(Cl)c2)c1. The van der Waals surface area contributed by atoms with Crippen molar-refractivity contribution in [3.63, 3.8) is 0 Å². The summed E-state index contributed by atoms with van der Waals surface area (Å²) in [7, 11) is -3.28. The van der Waals surface area contributed by atoms with Gasteiger partial charge in [0.25, 0.3) is 5.91 Å². The first-order valence-electron chi connectivity index (χ1n) is 7.55. The summed E-state index contributed by atoms with van der Waals surface area (Å²) in [6.45, 7) is 2.34. The van der Waals surface area contributed by atoms with Crippen LogP contribution in [0.2, 0.25) is 5.02 Å². The molecule has 24 heavy (non-hydrogen) atoms. The Morgan fingerprint density at radius 3 is 2.62 bits per heavy atom. The molecule has 2 aromatic carbocycles. The summed E-state index contributed by atoms with van der Waals surface area (Å²) in [6.07, 6.45) is 0.588. The first-order valence-corrected chi connectivity index (χ1v) is 9.53. The van der Waals surface area contributed by atoms with Crippen LogP contribution in [0, 0.1) is 6.92 Å². The van der Waals surface area contributed by atoms with E-state index < -0.39 is 10.0 Å². The number of aryl methyl sites for hydroxylation is 1. The van der Waals surface area contributed by atoms with Crippen molar-refractivity contribution in [2.75, 3.05) is 21.9 Å². The number of halogens is 1. The lowest BCUT2D eigenvalue weighted by Crippen LogP contribution is -2.25. The van der Waals surface area contributed by atoms with E-state index in [1.54, 1.807) is 30.3 Å². The average molecular weight is 365 g/mol. The summed E-state index contributed by atoms with van der Waals surface area (Å²) in [5.74, 6) is -0.105. The normalized spacial score (nSPS) is 16.2. The third kappa shape index (κ3) is 3.39. The second kappa shape index (κ2) is 6.45. The highest BCUT2D eigenvalue weighted by atomic mass is 35.5. The molecule has 1 heterocycles. The van der Waals surface area contributed by atoms with Gasteiger partial charge in [-0.1, -0.05) is 29.3 Å². The lowest BCUT2D eigenvalue weighted by atomic mass is 10.1. The number of nitrogens with one attached hydrogen (secondary N) is 1. The van der Waals surface area contributed by atoms with Crippen molar-refractivity contribution in [3.05, 3.63) is 58.6 Å². The second-order valence-electron chi connectivity index (χ2n) is 5.73. The minimum Gasteiger partial charge on any atom is -0.322 e. The lowest BCUT2D eigenvalue weighted by molar-refractivity contribution is 0.102. The van der Waals surface area contributed by atoms with E-state index >= 15 is 0 Å². The molecule has 1 fully saturated rings. The molecular weight excluding hydrogens is 348 g/mol. The number of anilines is 2. The second-order valence-corrected chi connectivity index (χ2v) is 8.15. The number of nitrogens with zero attached hydrogens (tertiary/aromatic N) is 1. The summed E-state index contributed by atoms with van der Waals surface area (Å²) in [6, 6.07) is 12.1. The predicted molar refractivity (Wildman–Crippen MR) is 96.3 cm³/mol. The van der Waals surface area contributed by atoms with Gasteiger partial charge in [-0.15, -0.1) is 0 Å². The van der Waals surface area contributed by atoms with Gasteiger partial charge < -0.3 is 5.32 Å². The van der Waals surface area contributed by atoms with Crippen molar-refractivity contribution >= 4 is 38.9 Å². The highest BCUT2D eigenvalue weighted by Crippen LogP contribution is 2.33. The molecule has 1 aliphatic heterocycles. The van der Waals surface area contributed by atoms with Gasteiger partial charge in [-0.25, -0.2) is 8.42 Å². The smallest absolute Gasteiger partial charge is 0.255 e. The molecular formula is C17H17ClN2O3S. The Kier molecular flexibility index (Phi) is 4.51. The highest BCUT2D eigenvalue weighted by molar-refractivity contribution is 7.93. The minimum atomic E-state index is -3.28. The number of hydrogen-bond acceptors (Lipinski definition) is 3. The molecule has 0 radical (unpaired) electrons. The van der Waals surface area contributed by atoms with E-state index in [4.69, 9.17) is 11.6 Å². The molecule has 1 N–H and O–H groups in total. The maximum atomic E-state index is 12.3. The zero-order valence-corrected chi connectivity index (χ0v) is 14.7. The van der Waals surface area contributed by atoms with E-state index in [2.05, 4.69) is 5.32 Å². The fraction of sp³-hybridized carbons (Fsp3) is 0.235. The van der Waals surface area contributed by atoms with Crippen molar-refractivity contribution in [3.8, 4) is 0 Å². The molecule has 1 saturated heterocycles. The molecule has 0 saturated carbocycles. The Balaban J connectivity index is 1.81. The fourth-order valence-corrected chi connectivity index (χ4v) is 4.60. The molecule has 3 rings (SSSR count). The highest BCUT2D eigenvalue weighted by Gasteiger charge is 2.29. The Labute approximate surface area is 146 Å². The molecule has 7 heteroatoms. The number of sulfonamides is 1. The molecule has 0 unspecified atom stereocenters. The van der Waals surface area contributed by atoms with E-state index in [0.717, 1.165) is 5.56 Å². The largest absolute Gasteiger partial charge is 0.322 e. The van der Waals surface area contributed by atoms with Crippen LogP contribution in [-0.4, -0.2) is 26.6 Å². The van der Waals surface area contributed by atoms with E-state index in [9.17, 15) is 13.2 Å². The first kappa shape index (κ1) is 16.8. The van der Waals surface area contributed by atoms with Gasteiger partial charge in [-0.3, -0.25) is 9.10 Å². The summed E-state index contributed by atoms with van der Waals surface area (Å²) < 4.78 is 25.3. The van der Waals surface area contributed by atoms with Crippen LogP contribution in [0.15, 0.2) is 42.5 Å². The van der Waals surface area contributed by atoms with E-state index in [-0.39, 0.29) is 11.7 Å². The maximum absolute atomic E-state index is 12.3. The van der Waals surface area contributed by atoms with Gasteiger partial charge in [0.05, 0.1) is 16.5 Å². The third-order valence-electron chi connectivity index (χ3n) is 3.85. The fourth-order valence-electron chi connectivity index (χ4n) is 2.69. The first-order chi connectivity index (χ1) is 11.4. The standard InChI is InChI=1S/C17H17ClN2O3S/c1-12-4-2-5-13(10-12)17(21)19-14-6-7-16(15(18)11-14)20-8-3-9-24(20,22)23/h2,4-7,10-11H,3,8-9H2,1H3,(H,19,21). The third-order valence-corrected chi connectivity index (χ3v) is 6.01. The van der Waals surface area contributed by atoms with Gasteiger partial charge in [-0.2, -0.15) is 0 Å². The van der Waals surface area contributed by atoms with Gasteiger partial charge in [0, 0.05) is 17.8 Å². The van der Waals surface area contributed by atoms with Gasteiger partial charge in [-0.05, 0) is 43.7 Å². The number of benzene rings is 2. The van der Waals surface area contributed by atoms with Crippen LogP contribution in [0.25, 0.3) is 0 Å². The van der Waals surface area contributed by atoms with Crippen LogP contribution < -0.4 is 9.62 Å². The quantitative estimate of drug-likeness (QED) is 0.907. The van der Waals surface area contributed by atoms with E-state index in [1.807, 2.05) is 19.1 Å². The zero-order chi connectivity index (χ0) is 17.3. The number of carbonyl (C=O) groups is 1. The predicted octanol–water partition coefficient (Wildman–Crippen LogP) is 3.44. The molecule has 126 valence electrons. The summed E-state index contributed by atoms with van der Waals surface area (Å²) in [5.41, 5.74) is 2.52. The van der Waals surface area contributed by atoms with E-state index in [0.29, 0.717) is 34.9 Å². The van der Waals surface area contributed by atoms with Crippen LogP contribution in [0.5, 0.6) is 0 Å². The zero-order valence-electron chi connectivity index (χ0n) is 13.1. The van der Waals surface area contributed by atoms with Crippen molar-refractivity contribution < 1.29 is 13.2 Å². The van der Waals surface area contributed by atoms with Crippen molar-refractivity contribution in [1.82, 2.24) is 0 Å². The van der Waals surface area contributed by atoms with Crippen LogP contribution in [0.3, 0.4) is 0 Å². The number of hydrogen-bond donors (Lipinski definition) is 1. The molecule has 5 nitrogen and oxygen atoms in total. The Bertz CT molecular complexity index is 896. The molecule has 0 spiro atoms. The van der Waals surface area contributed by atoms with Gasteiger partial charge in [0.15, 0.2) is 0 Å². The van der Waals surface area contributed by atoms with Crippen LogP contribution in [0.4, 0.5) is 11.4 Å². The number of rotatable bonds is 3. The maximum Gasteiger partial charge on any atom is 0.255 e. The van der Waals surface area contributed by atoms with Gasteiger partial charge >= 0.3 is 0 Å². The van der Waals surface area contributed by atoms with Crippen LogP contribution in [0.1, 0.15) is 22.3 Å². The molecule has 0 bridgehead atoms. The van der Waals surface area contributed by atoms with Crippen molar-refractivity contribution in [1.29, 1.82) is 0 Å². The van der Waals surface area contributed by atoms with Gasteiger partial charge in [0.1, 0.15) is 0 Å². The van der Waals surface area contributed by atoms with Crippen LogP contribution >= 0.6 is 11.6 Å². The molecule has 0 atom stereocenters.